The Hall–Kier alpha value is -0.0800. The van der Waals surface area contributed by atoms with Crippen LogP contribution in [-0.4, -0.2) is 29.6 Å². The summed E-state index contributed by atoms with van der Waals surface area (Å²) >= 11 is 0. The molecule has 1 saturated carbocycles. The third-order valence-electron chi connectivity index (χ3n) is 4.93. The quantitative estimate of drug-likeness (QED) is 0.795. The summed E-state index contributed by atoms with van der Waals surface area (Å²) in [5, 5.41) is 0. The summed E-state index contributed by atoms with van der Waals surface area (Å²) in [6.45, 7) is 9.25. The van der Waals surface area contributed by atoms with Gasteiger partial charge in [0.1, 0.15) is 0 Å². The Balaban J connectivity index is 2.05. The molecule has 1 saturated heterocycles. The van der Waals surface area contributed by atoms with Crippen molar-refractivity contribution in [3.8, 4) is 0 Å². The highest BCUT2D eigenvalue weighted by molar-refractivity contribution is 4.97. The van der Waals surface area contributed by atoms with E-state index in [2.05, 4.69) is 25.7 Å². The van der Waals surface area contributed by atoms with E-state index in [0.29, 0.717) is 6.04 Å². The molecule has 1 aliphatic carbocycles. The topological polar surface area (TPSA) is 29.3 Å². The largest absolute Gasteiger partial charge is 0.329 e. The molecule has 2 nitrogen and oxygen atoms in total. The Morgan fingerprint density at radius 1 is 1.25 bits per heavy atom. The minimum absolute atomic E-state index is 0.259. The molecule has 0 aromatic carbocycles. The fraction of sp³-hybridized carbons (Fsp3) is 1.00. The molecule has 16 heavy (non-hydrogen) atoms. The highest BCUT2D eigenvalue weighted by Crippen LogP contribution is 2.40. The zero-order chi connectivity index (χ0) is 11.8. The number of hydrogen-bond donors (Lipinski definition) is 1. The average Bonchev–Trinajstić information content (AvgIpc) is 3.05. The predicted molar refractivity (Wildman–Crippen MR) is 69.4 cm³/mol. The van der Waals surface area contributed by atoms with E-state index in [0.717, 1.165) is 18.4 Å². The molecule has 0 bridgehead atoms. The van der Waals surface area contributed by atoms with Gasteiger partial charge in [0.2, 0.25) is 0 Å². The minimum atomic E-state index is 0.259. The van der Waals surface area contributed by atoms with Gasteiger partial charge in [-0.25, -0.2) is 0 Å². The van der Waals surface area contributed by atoms with Gasteiger partial charge in [-0.05, 0) is 51.5 Å². The molecule has 2 fully saturated rings. The lowest BCUT2D eigenvalue weighted by Crippen LogP contribution is -2.58. The minimum Gasteiger partial charge on any atom is -0.329 e. The second-order valence-corrected chi connectivity index (χ2v) is 6.40. The summed E-state index contributed by atoms with van der Waals surface area (Å²) in [5.41, 5.74) is 6.34. The van der Waals surface area contributed by atoms with Crippen molar-refractivity contribution in [2.75, 3.05) is 13.1 Å². The summed E-state index contributed by atoms with van der Waals surface area (Å²) in [5.74, 6) is 1.80. The lowest BCUT2D eigenvalue weighted by atomic mass is 9.84. The van der Waals surface area contributed by atoms with Gasteiger partial charge in [0.15, 0.2) is 0 Å². The van der Waals surface area contributed by atoms with Gasteiger partial charge in [-0.1, -0.05) is 19.8 Å². The van der Waals surface area contributed by atoms with E-state index in [9.17, 15) is 0 Å². The van der Waals surface area contributed by atoms with Crippen LogP contribution in [0.5, 0.6) is 0 Å². The summed E-state index contributed by atoms with van der Waals surface area (Å²) < 4.78 is 0. The number of likely N-dealkylation sites (tertiary alicyclic amines) is 1. The Morgan fingerprint density at radius 3 is 2.50 bits per heavy atom. The zero-order valence-electron chi connectivity index (χ0n) is 11.2. The number of hydrogen-bond acceptors (Lipinski definition) is 2. The molecule has 2 heteroatoms. The van der Waals surface area contributed by atoms with Crippen molar-refractivity contribution in [1.82, 2.24) is 4.90 Å². The van der Waals surface area contributed by atoms with Crippen molar-refractivity contribution in [3.63, 3.8) is 0 Å². The van der Waals surface area contributed by atoms with Crippen molar-refractivity contribution in [1.29, 1.82) is 0 Å². The van der Waals surface area contributed by atoms with Crippen LogP contribution in [0.3, 0.4) is 0 Å². The lowest BCUT2D eigenvalue weighted by molar-refractivity contribution is 0.00668. The number of nitrogens with zero attached hydrogens (tertiary/aromatic N) is 1. The van der Waals surface area contributed by atoms with Crippen LogP contribution in [0.4, 0.5) is 0 Å². The zero-order valence-corrected chi connectivity index (χ0v) is 11.2. The fourth-order valence-electron chi connectivity index (χ4n) is 3.36. The van der Waals surface area contributed by atoms with Gasteiger partial charge in [-0.3, -0.25) is 4.90 Å². The summed E-state index contributed by atoms with van der Waals surface area (Å²) in [7, 11) is 0. The van der Waals surface area contributed by atoms with Crippen molar-refractivity contribution in [3.05, 3.63) is 0 Å². The molecule has 94 valence electrons. The van der Waals surface area contributed by atoms with Crippen molar-refractivity contribution < 1.29 is 0 Å². The van der Waals surface area contributed by atoms with Crippen molar-refractivity contribution >= 4 is 0 Å². The van der Waals surface area contributed by atoms with Gasteiger partial charge < -0.3 is 5.73 Å². The third kappa shape index (κ3) is 2.43. The van der Waals surface area contributed by atoms with Crippen LogP contribution < -0.4 is 5.73 Å². The second kappa shape index (κ2) is 4.66. The summed E-state index contributed by atoms with van der Waals surface area (Å²) in [6.07, 6.45) is 6.94. The van der Waals surface area contributed by atoms with Gasteiger partial charge in [-0.2, -0.15) is 0 Å². The van der Waals surface area contributed by atoms with Crippen molar-refractivity contribution in [2.24, 2.45) is 17.6 Å². The molecule has 0 aromatic heterocycles. The standard InChI is InChI=1S/C14H28N2/c1-11-5-4-8-16(12(11)2)14(3,10-15)9-13-6-7-13/h11-13H,4-10,15H2,1-3H3. The summed E-state index contributed by atoms with van der Waals surface area (Å²) in [4.78, 5) is 2.71. The molecule has 3 unspecified atom stereocenters. The van der Waals surface area contributed by atoms with E-state index in [1.54, 1.807) is 0 Å². The van der Waals surface area contributed by atoms with Crippen LogP contribution in [0.25, 0.3) is 0 Å². The van der Waals surface area contributed by atoms with Crippen LogP contribution in [0.1, 0.15) is 52.9 Å². The normalized spacial score (nSPS) is 36.0. The summed E-state index contributed by atoms with van der Waals surface area (Å²) in [6, 6.07) is 0.709. The molecule has 2 aliphatic rings. The van der Waals surface area contributed by atoms with E-state index < -0.39 is 0 Å². The van der Waals surface area contributed by atoms with Crippen LogP contribution in [0, 0.1) is 11.8 Å². The van der Waals surface area contributed by atoms with E-state index in [-0.39, 0.29) is 5.54 Å². The first-order valence-corrected chi connectivity index (χ1v) is 7.03. The molecule has 2 N–H and O–H groups in total. The lowest BCUT2D eigenvalue weighted by Gasteiger charge is -2.49. The number of piperidine rings is 1. The van der Waals surface area contributed by atoms with Crippen LogP contribution in [-0.2, 0) is 0 Å². The van der Waals surface area contributed by atoms with Crippen LogP contribution in [0.15, 0.2) is 0 Å². The molecule has 0 amide bonds. The van der Waals surface area contributed by atoms with Crippen LogP contribution in [0.2, 0.25) is 0 Å². The number of rotatable bonds is 4. The molecular formula is C14H28N2. The third-order valence-corrected chi connectivity index (χ3v) is 4.93. The molecular weight excluding hydrogens is 196 g/mol. The fourth-order valence-corrected chi connectivity index (χ4v) is 3.36. The van der Waals surface area contributed by atoms with Crippen LogP contribution >= 0.6 is 0 Å². The molecule has 1 heterocycles. The Bertz CT molecular complexity index is 237. The van der Waals surface area contributed by atoms with E-state index in [1.165, 1.54) is 38.6 Å². The maximum absolute atomic E-state index is 6.08. The van der Waals surface area contributed by atoms with Gasteiger partial charge in [0.25, 0.3) is 0 Å². The maximum Gasteiger partial charge on any atom is 0.0309 e. The SMILES string of the molecule is CC1CCCN(C(C)(CN)CC2CC2)C1C. The van der Waals surface area contributed by atoms with Gasteiger partial charge in [-0.15, -0.1) is 0 Å². The molecule has 0 aromatic rings. The first-order valence-electron chi connectivity index (χ1n) is 7.03. The Labute approximate surface area is 101 Å². The van der Waals surface area contributed by atoms with Gasteiger partial charge in [0, 0.05) is 18.1 Å². The predicted octanol–water partition coefficient (Wildman–Crippen LogP) is 2.62. The van der Waals surface area contributed by atoms with E-state index in [4.69, 9.17) is 5.73 Å². The van der Waals surface area contributed by atoms with Crippen molar-refractivity contribution in [2.45, 2.75) is 64.5 Å². The molecule has 0 radical (unpaired) electrons. The molecule has 0 spiro atoms. The molecule has 2 rings (SSSR count). The number of nitrogens with two attached hydrogens (primary N) is 1. The monoisotopic (exact) mass is 224 g/mol. The molecule has 1 aliphatic heterocycles. The first kappa shape index (κ1) is 12.4. The van der Waals surface area contributed by atoms with E-state index in [1.807, 2.05) is 0 Å². The van der Waals surface area contributed by atoms with E-state index >= 15 is 0 Å². The van der Waals surface area contributed by atoms with Gasteiger partial charge in [0.05, 0.1) is 0 Å². The Kier molecular flexibility index (Phi) is 3.60. The molecule has 3 atom stereocenters. The second-order valence-electron chi connectivity index (χ2n) is 6.40. The average molecular weight is 224 g/mol. The highest BCUT2D eigenvalue weighted by Gasteiger charge is 2.41. The Morgan fingerprint density at radius 2 is 1.94 bits per heavy atom. The maximum atomic E-state index is 6.08. The van der Waals surface area contributed by atoms with Gasteiger partial charge >= 0.3 is 0 Å². The first-order chi connectivity index (χ1) is 7.57. The highest BCUT2D eigenvalue weighted by atomic mass is 15.2. The smallest absolute Gasteiger partial charge is 0.0309 e.